The van der Waals surface area contributed by atoms with Gasteiger partial charge in [0.15, 0.2) is 0 Å². The van der Waals surface area contributed by atoms with Crippen molar-refractivity contribution in [1.82, 2.24) is 4.57 Å². The number of carboxylic acid groups (broad SMARTS) is 1. The first kappa shape index (κ1) is 11.7. The van der Waals surface area contributed by atoms with Crippen LogP contribution < -0.4 is 0 Å². The maximum Gasteiger partial charge on any atom is 0.335 e. The van der Waals surface area contributed by atoms with Gasteiger partial charge < -0.3 is 9.67 Å². The van der Waals surface area contributed by atoms with Crippen molar-refractivity contribution in [2.24, 2.45) is 0 Å². The van der Waals surface area contributed by atoms with Gasteiger partial charge in [0.05, 0.1) is 5.56 Å². The number of hydrogen-bond acceptors (Lipinski definition) is 1. The third-order valence-electron chi connectivity index (χ3n) is 2.66. The number of aromatic carboxylic acids is 1. The summed E-state index contributed by atoms with van der Waals surface area (Å²) in [4.78, 5) is 11.0. The van der Waals surface area contributed by atoms with Crippen LogP contribution in [0.2, 0.25) is 5.02 Å². The standard InChI is InChI=1S/C13H12ClNO2/c1-8-3-4-9(2)15(8)12-6-10(13(16)17)5-11(14)7-12/h3-7H,1-2H3,(H,16,17). The van der Waals surface area contributed by atoms with E-state index in [1.807, 2.05) is 30.5 Å². The van der Waals surface area contributed by atoms with Crippen LogP contribution in [0.15, 0.2) is 30.3 Å². The number of aromatic nitrogens is 1. The Bertz CT molecular complexity index is 568. The van der Waals surface area contributed by atoms with Crippen LogP contribution in [0.3, 0.4) is 0 Å². The van der Waals surface area contributed by atoms with Crippen LogP contribution >= 0.6 is 11.6 Å². The summed E-state index contributed by atoms with van der Waals surface area (Å²) in [5.74, 6) is -0.976. The Kier molecular flexibility index (Phi) is 2.94. The molecule has 0 fully saturated rings. The first-order chi connectivity index (χ1) is 7.99. The Hall–Kier alpha value is -1.74. The Morgan fingerprint density at radius 2 is 1.76 bits per heavy atom. The molecule has 0 unspecified atom stereocenters. The van der Waals surface area contributed by atoms with Gasteiger partial charge in [-0.1, -0.05) is 11.6 Å². The van der Waals surface area contributed by atoms with E-state index >= 15 is 0 Å². The molecule has 0 aliphatic rings. The van der Waals surface area contributed by atoms with Gasteiger partial charge in [-0.05, 0) is 44.2 Å². The predicted octanol–water partition coefficient (Wildman–Crippen LogP) is 3.45. The molecule has 0 spiro atoms. The molecule has 2 aromatic rings. The van der Waals surface area contributed by atoms with Gasteiger partial charge in [0.2, 0.25) is 0 Å². The largest absolute Gasteiger partial charge is 0.478 e. The summed E-state index contributed by atoms with van der Waals surface area (Å²) in [5, 5.41) is 9.43. The molecule has 1 aromatic heterocycles. The van der Waals surface area contributed by atoms with E-state index in [0.717, 1.165) is 17.1 Å². The Morgan fingerprint density at radius 3 is 2.29 bits per heavy atom. The second kappa shape index (κ2) is 4.26. The van der Waals surface area contributed by atoms with E-state index in [1.54, 1.807) is 12.1 Å². The van der Waals surface area contributed by atoms with Crippen molar-refractivity contribution in [3.8, 4) is 5.69 Å². The summed E-state index contributed by atoms with van der Waals surface area (Å²) < 4.78 is 1.97. The van der Waals surface area contributed by atoms with Crippen molar-refractivity contribution in [3.63, 3.8) is 0 Å². The van der Waals surface area contributed by atoms with Gasteiger partial charge in [-0.3, -0.25) is 0 Å². The summed E-state index contributed by atoms with van der Waals surface area (Å²) in [7, 11) is 0. The molecule has 0 bridgehead atoms. The molecule has 2 rings (SSSR count). The van der Waals surface area contributed by atoms with E-state index in [-0.39, 0.29) is 5.56 Å². The molecule has 4 heteroatoms. The van der Waals surface area contributed by atoms with Crippen molar-refractivity contribution in [2.45, 2.75) is 13.8 Å². The van der Waals surface area contributed by atoms with Crippen LogP contribution in [-0.2, 0) is 0 Å². The highest BCUT2D eigenvalue weighted by atomic mass is 35.5. The first-order valence-electron chi connectivity index (χ1n) is 5.18. The minimum Gasteiger partial charge on any atom is -0.478 e. The van der Waals surface area contributed by atoms with Gasteiger partial charge in [0.25, 0.3) is 0 Å². The van der Waals surface area contributed by atoms with Crippen molar-refractivity contribution in [2.75, 3.05) is 0 Å². The average molecular weight is 250 g/mol. The van der Waals surface area contributed by atoms with Crippen LogP contribution in [0.4, 0.5) is 0 Å². The molecule has 0 aliphatic heterocycles. The number of halogens is 1. The number of carbonyl (C=O) groups is 1. The topological polar surface area (TPSA) is 42.2 Å². The Labute approximate surface area is 104 Å². The molecule has 0 saturated heterocycles. The Balaban J connectivity index is 2.64. The van der Waals surface area contributed by atoms with E-state index in [1.165, 1.54) is 6.07 Å². The monoisotopic (exact) mass is 249 g/mol. The van der Waals surface area contributed by atoms with E-state index < -0.39 is 5.97 Å². The molecule has 0 saturated carbocycles. The highest BCUT2D eigenvalue weighted by Gasteiger charge is 2.09. The van der Waals surface area contributed by atoms with E-state index in [9.17, 15) is 4.79 Å². The second-order valence-corrected chi connectivity index (χ2v) is 4.39. The fraction of sp³-hybridized carbons (Fsp3) is 0.154. The fourth-order valence-electron chi connectivity index (χ4n) is 1.90. The molecule has 0 radical (unpaired) electrons. The maximum atomic E-state index is 11.0. The molecule has 1 N–H and O–H groups in total. The van der Waals surface area contributed by atoms with Crippen LogP contribution in [0.1, 0.15) is 21.7 Å². The van der Waals surface area contributed by atoms with Gasteiger partial charge in [0.1, 0.15) is 0 Å². The summed E-state index contributed by atoms with van der Waals surface area (Å²) in [6, 6.07) is 8.79. The summed E-state index contributed by atoms with van der Waals surface area (Å²) in [5.41, 5.74) is 3.05. The van der Waals surface area contributed by atoms with Crippen molar-refractivity contribution in [3.05, 3.63) is 52.3 Å². The number of benzene rings is 1. The SMILES string of the molecule is Cc1ccc(C)n1-c1cc(Cl)cc(C(=O)O)c1. The van der Waals surface area contributed by atoms with Gasteiger partial charge in [-0.15, -0.1) is 0 Å². The number of aryl methyl sites for hydroxylation is 2. The maximum absolute atomic E-state index is 11.0. The smallest absolute Gasteiger partial charge is 0.335 e. The summed E-state index contributed by atoms with van der Waals surface area (Å²) >= 11 is 5.94. The van der Waals surface area contributed by atoms with Crippen molar-refractivity contribution < 1.29 is 9.90 Å². The fourth-order valence-corrected chi connectivity index (χ4v) is 2.13. The summed E-state index contributed by atoms with van der Waals surface area (Å²) in [6.07, 6.45) is 0. The zero-order valence-electron chi connectivity index (χ0n) is 9.57. The zero-order chi connectivity index (χ0) is 12.6. The van der Waals surface area contributed by atoms with Crippen LogP contribution in [0.25, 0.3) is 5.69 Å². The minimum atomic E-state index is -0.976. The third-order valence-corrected chi connectivity index (χ3v) is 2.88. The Morgan fingerprint density at radius 1 is 1.18 bits per heavy atom. The van der Waals surface area contributed by atoms with Crippen LogP contribution in [-0.4, -0.2) is 15.6 Å². The number of carboxylic acids is 1. The molecule has 0 aliphatic carbocycles. The van der Waals surface area contributed by atoms with Crippen molar-refractivity contribution >= 4 is 17.6 Å². The summed E-state index contributed by atoms with van der Waals surface area (Å²) in [6.45, 7) is 3.93. The van der Waals surface area contributed by atoms with Crippen LogP contribution in [0, 0.1) is 13.8 Å². The third kappa shape index (κ3) is 2.19. The second-order valence-electron chi connectivity index (χ2n) is 3.95. The van der Waals surface area contributed by atoms with E-state index in [0.29, 0.717) is 5.02 Å². The van der Waals surface area contributed by atoms with Gasteiger partial charge in [-0.2, -0.15) is 0 Å². The predicted molar refractivity (Wildman–Crippen MR) is 67.2 cm³/mol. The highest BCUT2D eigenvalue weighted by Crippen LogP contribution is 2.22. The van der Waals surface area contributed by atoms with Crippen molar-refractivity contribution in [1.29, 1.82) is 0 Å². The molecule has 88 valence electrons. The van der Waals surface area contributed by atoms with Gasteiger partial charge >= 0.3 is 5.97 Å². The average Bonchev–Trinajstić information content (AvgIpc) is 2.57. The number of rotatable bonds is 2. The normalized spacial score (nSPS) is 10.5. The highest BCUT2D eigenvalue weighted by molar-refractivity contribution is 6.31. The van der Waals surface area contributed by atoms with E-state index in [2.05, 4.69) is 0 Å². The van der Waals surface area contributed by atoms with E-state index in [4.69, 9.17) is 16.7 Å². The molecule has 0 atom stereocenters. The lowest BCUT2D eigenvalue weighted by Crippen LogP contribution is -2.02. The lowest BCUT2D eigenvalue weighted by molar-refractivity contribution is 0.0697. The molecule has 3 nitrogen and oxygen atoms in total. The molecular weight excluding hydrogens is 238 g/mol. The van der Waals surface area contributed by atoms with Gasteiger partial charge in [-0.25, -0.2) is 4.79 Å². The molecular formula is C13H12ClNO2. The number of nitrogens with zero attached hydrogens (tertiary/aromatic N) is 1. The first-order valence-corrected chi connectivity index (χ1v) is 5.56. The molecule has 1 heterocycles. The zero-order valence-corrected chi connectivity index (χ0v) is 10.3. The molecule has 0 amide bonds. The minimum absolute atomic E-state index is 0.194. The van der Waals surface area contributed by atoms with Crippen LogP contribution in [0.5, 0.6) is 0 Å². The van der Waals surface area contributed by atoms with Gasteiger partial charge in [0, 0.05) is 22.1 Å². The quantitative estimate of drug-likeness (QED) is 0.886. The molecule has 1 aromatic carbocycles. The lowest BCUT2D eigenvalue weighted by atomic mass is 10.2. The lowest BCUT2D eigenvalue weighted by Gasteiger charge is -2.10. The molecule has 17 heavy (non-hydrogen) atoms. The number of hydrogen-bond donors (Lipinski definition) is 1.